The van der Waals surface area contributed by atoms with Crippen LogP contribution >= 0.6 is 0 Å². The molecule has 1 rings (SSSR count). The summed E-state index contributed by atoms with van der Waals surface area (Å²) in [7, 11) is 0. The number of esters is 1. The second-order valence-corrected chi connectivity index (χ2v) is 3.00. The van der Waals surface area contributed by atoms with Gasteiger partial charge in [-0.25, -0.2) is 9.67 Å². The average Bonchev–Trinajstić information content (AvgIpc) is 2.70. The first-order valence-electron chi connectivity index (χ1n) is 4.97. The molecule has 0 saturated heterocycles. The summed E-state index contributed by atoms with van der Waals surface area (Å²) in [6.07, 6.45) is 2.98. The van der Waals surface area contributed by atoms with Crippen molar-refractivity contribution in [1.82, 2.24) is 20.1 Å². The number of carbonyl (C=O) groups is 2. The number of hydrogen-bond donors (Lipinski definition) is 1. The highest BCUT2D eigenvalue weighted by atomic mass is 16.5. The maximum Gasteiger partial charge on any atom is 0.307 e. The summed E-state index contributed by atoms with van der Waals surface area (Å²) in [5, 5.41) is 6.36. The molecule has 0 radical (unpaired) electrons. The summed E-state index contributed by atoms with van der Waals surface area (Å²) in [5.41, 5.74) is 0. The Morgan fingerprint density at radius 1 is 1.50 bits per heavy atom. The van der Waals surface area contributed by atoms with Crippen LogP contribution in [0.2, 0.25) is 0 Å². The molecule has 0 aliphatic heterocycles. The van der Waals surface area contributed by atoms with Crippen LogP contribution in [0.4, 0.5) is 0 Å². The molecule has 1 amide bonds. The summed E-state index contributed by atoms with van der Waals surface area (Å²) < 4.78 is 6.11. The van der Waals surface area contributed by atoms with Crippen molar-refractivity contribution in [3.05, 3.63) is 12.7 Å². The number of nitrogens with one attached hydrogen (secondary N) is 1. The minimum atomic E-state index is -0.316. The quantitative estimate of drug-likeness (QED) is 0.651. The molecule has 88 valence electrons. The minimum absolute atomic E-state index is 0.100. The van der Waals surface area contributed by atoms with Gasteiger partial charge in [0, 0.05) is 6.54 Å². The molecule has 1 aromatic rings. The smallest absolute Gasteiger partial charge is 0.307 e. The molecular formula is C9H14N4O3. The second kappa shape index (κ2) is 6.54. The van der Waals surface area contributed by atoms with Crippen molar-refractivity contribution in [3.8, 4) is 0 Å². The third-order valence-corrected chi connectivity index (χ3v) is 1.73. The third-order valence-electron chi connectivity index (χ3n) is 1.73. The van der Waals surface area contributed by atoms with Gasteiger partial charge in [-0.1, -0.05) is 0 Å². The molecular weight excluding hydrogens is 212 g/mol. The summed E-state index contributed by atoms with van der Waals surface area (Å²) >= 11 is 0. The molecule has 0 aliphatic carbocycles. The highest BCUT2D eigenvalue weighted by Gasteiger charge is 2.05. The normalized spacial score (nSPS) is 9.81. The third kappa shape index (κ3) is 4.54. The van der Waals surface area contributed by atoms with Crippen molar-refractivity contribution in [2.45, 2.75) is 19.9 Å². The van der Waals surface area contributed by atoms with Gasteiger partial charge in [0.15, 0.2) is 0 Å². The fraction of sp³-hybridized carbons (Fsp3) is 0.556. The fourth-order valence-corrected chi connectivity index (χ4v) is 1.05. The lowest BCUT2D eigenvalue weighted by molar-refractivity contribution is -0.143. The van der Waals surface area contributed by atoms with Crippen molar-refractivity contribution in [1.29, 1.82) is 0 Å². The molecule has 0 fully saturated rings. The molecule has 0 atom stereocenters. The maximum atomic E-state index is 11.3. The van der Waals surface area contributed by atoms with Gasteiger partial charge < -0.3 is 10.1 Å². The molecule has 1 aromatic heterocycles. The number of carbonyl (C=O) groups excluding carboxylic acids is 2. The van der Waals surface area contributed by atoms with E-state index < -0.39 is 0 Å². The van der Waals surface area contributed by atoms with Gasteiger partial charge in [-0.3, -0.25) is 9.59 Å². The topological polar surface area (TPSA) is 86.1 Å². The Labute approximate surface area is 92.8 Å². The van der Waals surface area contributed by atoms with Gasteiger partial charge in [0.1, 0.15) is 19.2 Å². The lowest BCUT2D eigenvalue weighted by atomic mass is 10.4. The van der Waals surface area contributed by atoms with E-state index in [2.05, 4.69) is 15.4 Å². The van der Waals surface area contributed by atoms with E-state index >= 15 is 0 Å². The second-order valence-electron chi connectivity index (χ2n) is 3.00. The predicted molar refractivity (Wildman–Crippen MR) is 54.3 cm³/mol. The van der Waals surface area contributed by atoms with Crippen molar-refractivity contribution in [2.75, 3.05) is 13.2 Å². The zero-order valence-electron chi connectivity index (χ0n) is 9.05. The van der Waals surface area contributed by atoms with Gasteiger partial charge >= 0.3 is 5.97 Å². The van der Waals surface area contributed by atoms with E-state index in [1.54, 1.807) is 6.92 Å². The van der Waals surface area contributed by atoms with Crippen molar-refractivity contribution in [3.63, 3.8) is 0 Å². The number of aromatic nitrogens is 3. The molecule has 0 aliphatic rings. The first kappa shape index (κ1) is 12.2. The molecule has 0 unspecified atom stereocenters. The van der Waals surface area contributed by atoms with Crippen LogP contribution in [0, 0.1) is 0 Å². The van der Waals surface area contributed by atoms with E-state index in [1.807, 2.05) is 0 Å². The standard InChI is InChI=1S/C9H14N4O3/c1-2-16-9(15)3-4-11-8(14)5-13-7-10-6-12-13/h6-7H,2-5H2,1H3,(H,11,14). The van der Waals surface area contributed by atoms with Crippen molar-refractivity contribution >= 4 is 11.9 Å². The molecule has 7 nitrogen and oxygen atoms in total. The Hall–Kier alpha value is -1.92. The monoisotopic (exact) mass is 226 g/mol. The molecule has 1 heterocycles. The first-order valence-corrected chi connectivity index (χ1v) is 4.97. The zero-order valence-corrected chi connectivity index (χ0v) is 9.05. The summed E-state index contributed by atoms with van der Waals surface area (Å²) in [5.74, 6) is -0.529. The predicted octanol–water partition coefficient (Wildman–Crippen LogP) is -0.652. The molecule has 0 aromatic carbocycles. The summed E-state index contributed by atoms with van der Waals surface area (Å²) in [6.45, 7) is 2.46. The van der Waals surface area contributed by atoms with Crippen LogP contribution in [0.25, 0.3) is 0 Å². The number of hydrogen-bond acceptors (Lipinski definition) is 5. The van der Waals surface area contributed by atoms with Gasteiger partial charge in [-0.05, 0) is 6.92 Å². The van der Waals surface area contributed by atoms with Gasteiger partial charge in [0.2, 0.25) is 5.91 Å². The van der Waals surface area contributed by atoms with E-state index in [-0.39, 0.29) is 31.4 Å². The highest BCUT2D eigenvalue weighted by Crippen LogP contribution is 1.85. The number of rotatable bonds is 6. The first-order chi connectivity index (χ1) is 7.72. The van der Waals surface area contributed by atoms with Crippen LogP contribution in [0.3, 0.4) is 0 Å². The molecule has 0 bridgehead atoms. The molecule has 16 heavy (non-hydrogen) atoms. The van der Waals surface area contributed by atoms with Crippen molar-refractivity contribution < 1.29 is 14.3 Å². The van der Waals surface area contributed by atoms with E-state index in [4.69, 9.17) is 4.74 Å². The Bertz CT molecular complexity index is 337. The molecule has 1 N–H and O–H groups in total. The fourth-order valence-electron chi connectivity index (χ4n) is 1.05. The maximum absolute atomic E-state index is 11.3. The highest BCUT2D eigenvalue weighted by molar-refractivity contribution is 5.76. The lowest BCUT2D eigenvalue weighted by Gasteiger charge is -2.04. The molecule has 0 spiro atoms. The van der Waals surface area contributed by atoms with Crippen molar-refractivity contribution in [2.24, 2.45) is 0 Å². The summed E-state index contributed by atoms with van der Waals surface area (Å²) in [6, 6.07) is 0. The van der Waals surface area contributed by atoms with Crippen LogP contribution in [-0.4, -0.2) is 39.8 Å². The van der Waals surface area contributed by atoms with Crippen LogP contribution in [0.5, 0.6) is 0 Å². The number of ether oxygens (including phenoxy) is 1. The SMILES string of the molecule is CCOC(=O)CCNC(=O)Cn1cncn1. The van der Waals surface area contributed by atoms with E-state index in [1.165, 1.54) is 17.3 Å². The average molecular weight is 226 g/mol. The van der Waals surface area contributed by atoms with Gasteiger partial charge in [-0.2, -0.15) is 5.10 Å². The molecule has 7 heteroatoms. The van der Waals surface area contributed by atoms with Gasteiger partial charge in [-0.15, -0.1) is 0 Å². The Morgan fingerprint density at radius 2 is 2.31 bits per heavy atom. The number of nitrogens with zero attached hydrogens (tertiary/aromatic N) is 3. The van der Waals surface area contributed by atoms with Gasteiger partial charge in [0.25, 0.3) is 0 Å². The van der Waals surface area contributed by atoms with Crippen LogP contribution in [0.1, 0.15) is 13.3 Å². The Morgan fingerprint density at radius 3 is 2.94 bits per heavy atom. The number of amides is 1. The largest absolute Gasteiger partial charge is 0.466 e. The van der Waals surface area contributed by atoms with E-state index in [9.17, 15) is 9.59 Å². The zero-order chi connectivity index (χ0) is 11.8. The minimum Gasteiger partial charge on any atom is -0.466 e. The van der Waals surface area contributed by atoms with Crippen LogP contribution in [0.15, 0.2) is 12.7 Å². The van der Waals surface area contributed by atoms with Crippen LogP contribution in [-0.2, 0) is 20.9 Å². The molecule has 0 saturated carbocycles. The summed E-state index contributed by atoms with van der Waals surface area (Å²) in [4.78, 5) is 25.9. The van der Waals surface area contributed by atoms with Crippen LogP contribution < -0.4 is 5.32 Å². The lowest BCUT2D eigenvalue weighted by Crippen LogP contribution is -2.30. The van der Waals surface area contributed by atoms with Gasteiger partial charge in [0.05, 0.1) is 13.0 Å². The Kier molecular flexibility index (Phi) is 4.97. The van der Waals surface area contributed by atoms with E-state index in [0.29, 0.717) is 6.61 Å². The van der Waals surface area contributed by atoms with E-state index in [0.717, 1.165) is 0 Å². The Balaban J connectivity index is 2.13.